The number of halogens is 1. The van der Waals surface area contributed by atoms with Gasteiger partial charge in [-0.1, -0.05) is 29.8 Å². The minimum Gasteiger partial charge on any atom is -0.380 e. The highest BCUT2D eigenvalue weighted by molar-refractivity contribution is 7.71. The lowest BCUT2D eigenvalue weighted by atomic mass is 10.2. The SMILES string of the molecule is COCc1ccccc1-n1c(=S)[nH]c2ccc(Cl)cc21. The molecule has 3 rings (SSSR count). The number of fused-ring (bicyclic) bond motifs is 1. The number of benzene rings is 2. The quantitative estimate of drug-likeness (QED) is 0.723. The highest BCUT2D eigenvalue weighted by atomic mass is 35.5. The number of hydrogen-bond donors (Lipinski definition) is 1. The number of aromatic amines is 1. The van der Waals surface area contributed by atoms with E-state index in [0.29, 0.717) is 16.4 Å². The second-order valence-electron chi connectivity index (χ2n) is 4.49. The molecule has 1 N–H and O–H groups in total. The Balaban J connectivity index is 2.32. The van der Waals surface area contributed by atoms with Gasteiger partial charge in [0, 0.05) is 17.7 Å². The van der Waals surface area contributed by atoms with Crippen LogP contribution in [-0.2, 0) is 11.3 Å². The standard InChI is InChI=1S/C15H13ClN2OS/c1-19-9-10-4-2-3-5-13(10)18-14-8-11(16)6-7-12(14)17-15(18)20/h2-8H,9H2,1H3,(H,17,20). The first kappa shape index (κ1) is 13.4. The van der Waals surface area contributed by atoms with E-state index >= 15 is 0 Å². The number of imidazole rings is 1. The average molecular weight is 305 g/mol. The molecule has 0 saturated heterocycles. The maximum atomic E-state index is 6.10. The van der Waals surface area contributed by atoms with Gasteiger partial charge in [-0.15, -0.1) is 0 Å². The molecule has 102 valence electrons. The van der Waals surface area contributed by atoms with Crippen LogP contribution in [0.3, 0.4) is 0 Å². The lowest BCUT2D eigenvalue weighted by molar-refractivity contribution is 0.185. The van der Waals surface area contributed by atoms with E-state index in [1.165, 1.54) is 0 Å². The molecule has 1 aromatic heterocycles. The Morgan fingerprint density at radius 3 is 2.85 bits per heavy atom. The topological polar surface area (TPSA) is 29.9 Å². The molecular weight excluding hydrogens is 292 g/mol. The van der Waals surface area contributed by atoms with Crippen molar-refractivity contribution in [2.75, 3.05) is 7.11 Å². The van der Waals surface area contributed by atoms with Crippen molar-refractivity contribution in [3.63, 3.8) is 0 Å². The smallest absolute Gasteiger partial charge is 0.182 e. The van der Waals surface area contributed by atoms with Gasteiger partial charge in [0.1, 0.15) is 0 Å². The number of aromatic nitrogens is 2. The maximum Gasteiger partial charge on any atom is 0.182 e. The van der Waals surface area contributed by atoms with Gasteiger partial charge in [-0.2, -0.15) is 0 Å². The maximum absolute atomic E-state index is 6.10. The lowest BCUT2D eigenvalue weighted by Crippen LogP contribution is -2.00. The molecular formula is C15H13ClN2OS. The highest BCUT2D eigenvalue weighted by Crippen LogP contribution is 2.25. The molecule has 0 atom stereocenters. The second kappa shape index (κ2) is 5.40. The van der Waals surface area contributed by atoms with Crippen molar-refractivity contribution in [3.8, 4) is 5.69 Å². The fraction of sp³-hybridized carbons (Fsp3) is 0.133. The van der Waals surface area contributed by atoms with E-state index in [2.05, 4.69) is 4.98 Å². The number of methoxy groups -OCH3 is 1. The molecule has 1 heterocycles. The summed E-state index contributed by atoms with van der Waals surface area (Å²) in [4.78, 5) is 3.20. The van der Waals surface area contributed by atoms with Gasteiger partial charge >= 0.3 is 0 Å². The Morgan fingerprint density at radius 2 is 2.05 bits per heavy atom. The molecule has 3 aromatic rings. The third-order valence-corrected chi connectivity index (χ3v) is 3.70. The van der Waals surface area contributed by atoms with Crippen molar-refractivity contribution < 1.29 is 4.74 Å². The summed E-state index contributed by atoms with van der Waals surface area (Å²) in [5.74, 6) is 0. The van der Waals surface area contributed by atoms with E-state index in [4.69, 9.17) is 28.6 Å². The largest absolute Gasteiger partial charge is 0.380 e. The summed E-state index contributed by atoms with van der Waals surface area (Å²) < 4.78 is 7.89. The third kappa shape index (κ3) is 2.26. The molecule has 0 aliphatic rings. The molecule has 3 nitrogen and oxygen atoms in total. The van der Waals surface area contributed by atoms with Crippen LogP contribution in [0.1, 0.15) is 5.56 Å². The summed E-state index contributed by atoms with van der Waals surface area (Å²) in [6.45, 7) is 0.533. The molecule has 0 spiro atoms. The van der Waals surface area contributed by atoms with Crippen LogP contribution in [0.25, 0.3) is 16.7 Å². The first-order chi connectivity index (χ1) is 9.70. The van der Waals surface area contributed by atoms with Crippen LogP contribution >= 0.6 is 23.8 Å². The van der Waals surface area contributed by atoms with Gasteiger partial charge in [0.05, 0.1) is 23.3 Å². The number of para-hydroxylation sites is 1. The Kier molecular flexibility index (Phi) is 3.61. The van der Waals surface area contributed by atoms with Crippen molar-refractivity contribution in [1.29, 1.82) is 0 Å². The summed E-state index contributed by atoms with van der Waals surface area (Å²) in [5, 5.41) is 0.685. The Morgan fingerprint density at radius 1 is 1.25 bits per heavy atom. The van der Waals surface area contributed by atoms with E-state index in [1.54, 1.807) is 7.11 Å². The van der Waals surface area contributed by atoms with Crippen LogP contribution in [0, 0.1) is 4.77 Å². The van der Waals surface area contributed by atoms with Crippen LogP contribution in [0.2, 0.25) is 5.02 Å². The fourth-order valence-corrected chi connectivity index (χ4v) is 2.79. The lowest BCUT2D eigenvalue weighted by Gasteiger charge is -2.10. The number of ether oxygens (including phenoxy) is 1. The summed E-state index contributed by atoms with van der Waals surface area (Å²) in [7, 11) is 1.68. The zero-order valence-electron chi connectivity index (χ0n) is 10.9. The zero-order valence-corrected chi connectivity index (χ0v) is 12.5. The van der Waals surface area contributed by atoms with Gasteiger partial charge in [0.2, 0.25) is 0 Å². The van der Waals surface area contributed by atoms with Crippen molar-refractivity contribution in [2.45, 2.75) is 6.61 Å². The van der Waals surface area contributed by atoms with E-state index in [1.807, 2.05) is 47.0 Å². The Labute approximate surface area is 126 Å². The van der Waals surface area contributed by atoms with Gasteiger partial charge in [-0.25, -0.2) is 0 Å². The van der Waals surface area contributed by atoms with Crippen molar-refractivity contribution in [2.24, 2.45) is 0 Å². The molecule has 0 bridgehead atoms. The molecule has 0 aliphatic carbocycles. The van der Waals surface area contributed by atoms with Gasteiger partial charge in [-0.05, 0) is 36.5 Å². The van der Waals surface area contributed by atoms with Crippen LogP contribution < -0.4 is 0 Å². The van der Waals surface area contributed by atoms with Crippen molar-refractivity contribution >= 4 is 34.9 Å². The molecule has 0 fully saturated rings. The number of nitrogens with zero attached hydrogens (tertiary/aromatic N) is 1. The Bertz CT molecular complexity index is 822. The van der Waals surface area contributed by atoms with E-state index in [-0.39, 0.29) is 0 Å². The Hall–Kier alpha value is -1.62. The second-order valence-corrected chi connectivity index (χ2v) is 5.31. The highest BCUT2D eigenvalue weighted by Gasteiger charge is 2.10. The van der Waals surface area contributed by atoms with Crippen LogP contribution in [0.15, 0.2) is 42.5 Å². The summed E-state index contributed by atoms with van der Waals surface area (Å²) in [6.07, 6.45) is 0. The molecule has 0 saturated carbocycles. The summed E-state index contributed by atoms with van der Waals surface area (Å²) in [6, 6.07) is 13.7. The molecule has 20 heavy (non-hydrogen) atoms. The normalized spacial score (nSPS) is 11.1. The van der Waals surface area contributed by atoms with Crippen molar-refractivity contribution in [1.82, 2.24) is 9.55 Å². The number of hydrogen-bond acceptors (Lipinski definition) is 2. The van der Waals surface area contributed by atoms with Gasteiger partial charge < -0.3 is 9.72 Å². The van der Waals surface area contributed by atoms with Gasteiger partial charge in [0.15, 0.2) is 4.77 Å². The van der Waals surface area contributed by atoms with E-state index < -0.39 is 0 Å². The minimum atomic E-state index is 0.533. The van der Waals surface area contributed by atoms with Gasteiger partial charge in [-0.3, -0.25) is 4.57 Å². The predicted molar refractivity (Wildman–Crippen MR) is 84.2 cm³/mol. The molecule has 5 heteroatoms. The zero-order chi connectivity index (χ0) is 14.1. The minimum absolute atomic E-state index is 0.533. The fourth-order valence-electron chi connectivity index (χ4n) is 2.32. The van der Waals surface area contributed by atoms with E-state index in [0.717, 1.165) is 22.3 Å². The van der Waals surface area contributed by atoms with Gasteiger partial charge in [0.25, 0.3) is 0 Å². The van der Waals surface area contributed by atoms with Crippen molar-refractivity contribution in [3.05, 3.63) is 57.8 Å². The molecule has 0 radical (unpaired) electrons. The average Bonchev–Trinajstić information content (AvgIpc) is 2.75. The molecule has 0 unspecified atom stereocenters. The van der Waals surface area contributed by atoms with Crippen LogP contribution in [0.4, 0.5) is 0 Å². The van der Waals surface area contributed by atoms with E-state index in [9.17, 15) is 0 Å². The number of nitrogens with one attached hydrogen (secondary N) is 1. The first-order valence-electron chi connectivity index (χ1n) is 6.18. The summed E-state index contributed by atoms with van der Waals surface area (Å²) >= 11 is 11.5. The third-order valence-electron chi connectivity index (χ3n) is 3.18. The monoisotopic (exact) mass is 304 g/mol. The summed E-state index contributed by atoms with van der Waals surface area (Å²) in [5.41, 5.74) is 4.01. The van der Waals surface area contributed by atoms with Crippen LogP contribution in [0.5, 0.6) is 0 Å². The van der Waals surface area contributed by atoms with Crippen LogP contribution in [-0.4, -0.2) is 16.7 Å². The number of H-pyrrole nitrogens is 1. The molecule has 0 amide bonds. The molecule has 2 aromatic carbocycles. The predicted octanol–water partition coefficient (Wildman–Crippen LogP) is 4.49. The molecule has 0 aliphatic heterocycles. The first-order valence-corrected chi connectivity index (χ1v) is 6.97. The number of rotatable bonds is 3.